The van der Waals surface area contributed by atoms with E-state index in [1.807, 2.05) is 20.8 Å². The van der Waals surface area contributed by atoms with Crippen molar-refractivity contribution in [1.29, 1.82) is 0 Å². The van der Waals surface area contributed by atoms with Gasteiger partial charge in [-0.25, -0.2) is 0 Å². The molecule has 0 aromatic heterocycles. The first-order valence-electron chi connectivity index (χ1n) is 5.34. The molecule has 0 aliphatic heterocycles. The van der Waals surface area contributed by atoms with Crippen molar-refractivity contribution in [2.24, 2.45) is 11.1 Å². The van der Waals surface area contributed by atoms with Crippen LogP contribution in [0.1, 0.15) is 20.8 Å². The lowest BCUT2D eigenvalue weighted by Gasteiger charge is -2.26. The van der Waals surface area contributed by atoms with Crippen molar-refractivity contribution in [2.45, 2.75) is 26.8 Å². The van der Waals surface area contributed by atoms with E-state index in [1.165, 1.54) is 0 Å². The molecule has 0 radical (unpaired) electrons. The molecule has 0 aliphatic rings. The number of benzene rings is 1. The monoisotopic (exact) mass is 352 g/mol. The Hall–Kier alpha value is -0.290. The van der Waals surface area contributed by atoms with Crippen LogP contribution in [0.5, 0.6) is 0 Å². The lowest BCUT2D eigenvalue weighted by atomic mass is 9.87. The Morgan fingerprint density at radius 2 is 1.89 bits per heavy atom. The SMILES string of the molecule is CC(C)(C)[C@@H](N)C(=O)Nc1ccc(Br)c(Cl)c1Cl. The van der Waals surface area contributed by atoms with Crippen LogP contribution in [0.2, 0.25) is 10.0 Å². The van der Waals surface area contributed by atoms with Crippen molar-refractivity contribution >= 4 is 50.7 Å². The van der Waals surface area contributed by atoms with Crippen molar-refractivity contribution in [3.63, 3.8) is 0 Å². The molecule has 1 atom stereocenters. The fourth-order valence-electron chi connectivity index (χ4n) is 1.23. The van der Waals surface area contributed by atoms with E-state index in [4.69, 9.17) is 28.9 Å². The molecule has 1 rings (SSSR count). The summed E-state index contributed by atoms with van der Waals surface area (Å²) in [6.07, 6.45) is 0. The molecule has 0 fully saturated rings. The maximum absolute atomic E-state index is 12.0. The molecule has 0 spiro atoms. The minimum Gasteiger partial charge on any atom is -0.323 e. The molecular formula is C12H15BrCl2N2O. The summed E-state index contributed by atoms with van der Waals surface area (Å²) < 4.78 is 0.673. The van der Waals surface area contributed by atoms with Gasteiger partial charge >= 0.3 is 0 Å². The van der Waals surface area contributed by atoms with Crippen LogP contribution >= 0.6 is 39.1 Å². The van der Waals surface area contributed by atoms with E-state index in [9.17, 15) is 4.79 Å². The van der Waals surface area contributed by atoms with Crippen LogP contribution in [-0.4, -0.2) is 11.9 Å². The Balaban J connectivity index is 2.93. The van der Waals surface area contributed by atoms with Crippen LogP contribution in [0.4, 0.5) is 5.69 Å². The Morgan fingerprint density at radius 1 is 1.33 bits per heavy atom. The van der Waals surface area contributed by atoms with Gasteiger partial charge in [-0.2, -0.15) is 0 Å². The second-order valence-corrected chi connectivity index (χ2v) is 6.67. The molecule has 1 amide bonds. The van der Waals surface area contributed by atoms with Gasteiger partial charge < -0.3 is 11.1 Å². The van der Waals surface area contributed by atoms with Crippen molar-refractivity contribution in [1.82, 2.24) is 0 Å². The lowest BCUT2D eigenvalue weighted by molar-refractivity contribution is -0.119. The van der Waals surface area contributed by atoms with E-state index >= 15 is 0 Å². The van der Waals surface area contributed by atoms with E-state index in [-0.39, 0.29) is 11.3 Å². The van der Waals surface area contributed by atoms with Gasteiger partial charge in [0.15, 0.2) is 0 Å². The minimum absolute atomic E-state index is 0.289. The fourth-order valence-corrected chi connectivity index (χ4v) is 2.05. The number of carbonyl (C=O) groups is 1. The molecule has 0 unspecified atom stereocenters. The number of carbonyl (C=O) groups excluding carboxylic acids is 1. The molecule has 3 N–H and O–H groups in total. The maximum atomic E-state index is 12.0. The molecular weight excluding hydrogens is 339 g/mol. The number of nitrogens with one attached hydrogen (secondary N) is 1. The van der Waals surface area contributed by atoms with Crippen LogP contribution in [-0.2, 0) is 4.79 Å². The number of halogens is 3. The highest BCUT2D eigenvalue weighted by Gasteiger charge is 2.28. The second kappa shape index (κ2) is 5.78. The van der Waals surface area contributed by atoms with Crippen molar-refractivity contribution < 1.29 is 4.79 Å². The molecule has 0 bridgehead atoms. The summed E-state index contributed by atoms with van der Waals surface area (Å²) in [5.74, 6) is -0.289. The smallest absolute Gasteiger partial charge is 0.241 e. The second-order valence-electron chi connectivity index (χ2n) is 5.06. The van der Waals surface area contributed by atoms with Gasteiger partial charge in [-0.05, 0) is 33.5 Å². The van der Waals surface area contributed by atoms with E-state index in [2.05, 4.69) is 21.2 Å². The Kier molecular flexibility index (Phi) is 5.06. The van der Waals surface area contributed by atoms with E-state index in [1.54, 1.807) is 12.1 Å². The third-order valence-corrected chi connectivity index (χ3v) is 4.28. The number of rotatable bonds is 2. The van der Waals surface area contributed by atoms with Gasteiger partial charge in [-0.3, -0.25) is 4.79 Å². The van der Waals surface area contributed by atoms with E-state index in [0.717, 1.165) is 0 Å². The van der Waals surface area contributed by atoms with Crippen LogP contribution in [0.25, 0.3) is 0 Å². The first-order valence-corrected chi connectivity index (χ1v) is 6.89. The van der Waals surface area contributed by atoms with Crippen LogP contribution < -0.4 is 11.1 Å². The zero-order valence-electron chi connectivity index (χ0n) is 10.4. The van der Waals surface area contributed by atoms with E-state index < -0.39 is 6.04 Å². The number of nitrogens with two attached hydrogens (primary N) is 1. The zero-order chi connectivity index (χ0) is 14.1. The first-order chi connectivity index (χ1) is 8.14. The third-order valence-electron chi connectivity index (χ3n) is 2.51. The highest BCUT2D eigenvalue weighted by Crippen LogP contribution is 2.36. The van der Waals surface area contributed by atoms with Gasteiger partial charge in [0.2, 0.25) is 5.91 Å². The standard InChI is InChI=1S/C12H15BrCl2N2O/c1-12(2,3)10(16)11(18)17-7-5-4-6(13)8(14)9(7)15/h4-5,10H,16H2,1-3H3,(H,17,18)/t10-/m0/s1. The summed E-state index contributed by atoms with van der Waals surface area (Å²) in [4.78, 5) is 12.0. The molecule has 100 valence electrons. The summed E-state index contributed by atoms with van der Waals surface area (Å²) >= 11 is 15.3. The molecule has 1 aromatic carbocycles. The Morgan fingerprint density at radius 3 is 2.39 bits per heavy atom. The summed E-state index contributed by atoms with van der Waals surface area (Å²) in [5, 5.41) is 3.34. The molecule has 0 saturated carbocycles. The first kappa shape index (κ1) is 15.8. The normalized spacial score (nSPS) is 13.3. The number of hydrogen-bond acceptors (Lipinski definition) is 2. The zero-order valence-corrected chi connectivity index (χ0v) is 13.4. The summed E-state index contributed by atoms with van der Waals surface area (Å²) in [7, 11) is 0. The molecule has 0 aliphatic carbocycles. The predicted molar refractivity (Wildman–Crippen MR) is 80.2 cm³/mol. The third kappa shape index (κ3) is 3.60. The maximum Gasteiger partial charge on any atom is 0.241 e. The number of amides is 1. The molecule has 1 aromatic rings. The quantitative estimate of drug-likeness (QED) is 0.787. The van der Waals surface area contributed by atoms with Crippen molar-refractivity contribution in [3.8, 4) is 0 Å². The Labute approximate surface area is 125 Å². The summed E-state index contributed by atoms with van der Waals surface area (Å²) in [6.45, 7) is 5.69. The predicted octanol–water partition coefficient (Wildman–Crippen LogP) is 4.07. The average molecular weight is 354 g/mol. The largest absolute Gasteiger partial charge is 0.323 e. The molecule has 18 heavy (non-hydrogen) atoms. The molecule has 6 heteroatoms. The Bertz CT molecular complexity index is 472. The summed E-state index contributed by atoms with van der Waals surface area (Å²) in [5.41, 5.74) is 5.99. The highest BCUT2D eigenvalue weighted by molar-refractivity contribution is 9.10. The van der Waals surface area contributed by atoms with Crippen molar-refractivity contribution in [3.05, 3.63) is 26.7 Å². The molecule has 3 nitrogen and oxygen atoms in total. The van der Waals surface area contributed by atoms with Crippen LogP contribution in [0.15, 0.2) is 16.6 Å². The van der Waals surface area contributed by atoms with Gasteiger partial charge in [-0.15, -0.1) is 0 Å². The minimum atomic E-state index is -0.629. The molecule has 0 saturated heterocycles. The fraction of sp³-hybridized carbons (Fsp3) is 0.417. The average Bonchev–Trinajstić information content (AvgIpc) is 2.27. The topological polar surface area (TPSA) is 55.1 Å². The number of hydrogen-bond donors (Lipinski definition) is 2. The van der Waals surface area contributed by atoms with Crippen molar-refractivity contribution in [2.75, 3.05) is 5.32 Å². The van der Waals surface area contributed by atoms with Crippen LogP contribution in [0, 0.1) is 5.41 Å². The number of anilines is 1. The molecule has 0 heterocycles. The van der Waals surface area contributed by atoms with Gasteiger partial charge in [-0.1, -0.05) is 44.0 Å². The van der Waals surface area contributed by atoms with Gasteiger partial charge in [0, 0.05) is 4.47 Å². The van der Waals surface area contributed by atoms with E-state index in [0.29, 0.717) is 20.2 Å². The van der Waals surface area contributed by atoms with Gasteiger partial charge in [0.25, 0.3) is 0 Å². The summed E-state index contributed by atoms with van der Waals surface area (Å²) in [6, 6.07) is 2.76. The van der Waals surface area contributed by atoms with Gasteiger partial charge in [0.05, 0.1) is 21.8 Å². The highest BCUT2D eigenvalue weighted by atomic mass is 79.9. The van der Waals surface area contributed by atoms with Gasteiger partial charge in [0.1, 0.15) is 0 Å². The van der Waals surface area contributed by atoms with Crippen LogP contribution in [0.3, 0.4) is 0 Å². The lowest BCUT2D eigenvalue weighted by Crippen LogP contribution is -2.45.